The number of likely N-dealkylation sites (tertiary alicyclic amines) is 2. The highest BCUT2D eigenvalue weighted by atomic mass is 16.5. The molecular weight excluding hydrogens is 881 g/mol. The summed E-state index contributed by atoms with van der Waals surface area (Å²) in [5, 5.41) is 7.72. The third-order valence-electron chi connectivity index (χ3n) is 16.0. The SMILES string of the molecule is COC(=O)N[C@@H](C(=O)N1[C@@H]2CC[C@@H](C2)[C@H]1c1ncc(-c2ccc(-c3ccc4c(ccc5[nH]c([C@@H]6C[C@H]7C[C@H]7N6C(=O)[C@H](NC(=O)OC)c6ccc(C7CCCC7)cc6)nc54)c3)cc2)[nH]1)c1ccccc1. The average Bonchev–Trinajstić information content (AvgIpc) is 4.17. The fourth-order valence-corrected chi connectivity index (χ4v) is 12.4. The van der Waals surface area contributed by atoms with Crippen LogP contribution in [0.3, 0.4) is 0 Å². The Morgan fingerprint density at radius 1 is 0.657 bits per heavy atom. The molecule has 2 aliphatic heterocycles. The number of fused-ring (bicyclic) bond motifs is 6. The van der Waals surface area contributed by atoms with E-state index in [4.69, 9.17) is 19.4 Å². The van der Waals surface area contributed by atoms with Crippen LogP contribution in [0.1, 0.15) is 116 Å². The molecular formula is C56H56N8O6. The van der Waals surface area contributed by atoms with Gasteiger partial charge in [0, 0.05) is 17.5 Å². The van der Waals surface area contributed by atoms with Crippen LogP contribution in [0.4, 0.5) is 9.59 Å². The lowest BCUT2D eigenvalue weighted by atomic mass is 9.95. The second-order valence-electron chi connectivity index (χ2n) is 20.0. The van der Waals surface area contributed by atoms with Gasteiger partial charge in [0.1, 0.15) is 23.7 Å². The van der Waals surface area contributed by atoms with Crippen LogP contribution in [0, 0.1) is 11.8 Å². The molecule has 356 valence electrons. The van der Waals surface area contributed by atoms with E-state index in [0.717, 1.165) is 93.5 Å². The zero-order chi connectivity index (χ0) is 47.6. The number of benzene rings is 5. The Morgan fingerprint density at radius 3 is 2.07 bits per heavy atom. The van der Waals surface area contributed by atoms with Crippen molar-refractivity contribution in [1.29, 1.82) is 0 Å². The van der Waals surface area contributed by atoms with Crippen molar-refractivity contribution in [3.05, 3.63) is 144 Å². The quantitative estimate of drug-likeness (QED) is 0.0991. The number of hydrogen-bond acceptors (Lipinski definition) is 8. The lowest BCUT2D eigenvalue weighted by molar-refractivity contribution is -0.138. The first kappa shape index (κ1) is 43.8. The summed E-state index contributed by atoms with van der Waals surface area (Å²) in [6.45, 7) is 0. The number of alkyl carbamates (subject to hydrolysis) is 2. The van der Waals surface area contributed by atoms with Crippen molar-refractivity contribution in [3.63, 3.8) is 0 Å². The Bertz CT molecular complexity index is 3130. The highest BCUT2D eigenvalue weighted by Gasteiger charge is 2.56. The van der Waals surface area contributed by atoms with Gasteiger partial charge in [-0.05, 0) is 114 Å². The van der Waals surface area contributed by atoms with Crippen LogP contribution in [0.5, 0.6) is 0 Å². The second-order valence-corrected chi connectivity index (χ2v) is 20.0. The molecule has 8 atom stereocenters. The van der Waals surface area contributed by atoms with Crippen molar-refractivity contribution < 1.29 is 28.7 Å². The number of rotatable bonds is 11. The highest BCUT2D eigenvalue weighted by molar-refractivity contribution is 6.05. The second kappa shape index (κ2) is 17.8. The molecule has 4 N–H and O–H groups in total. The molecule has 12 rings (SSSR count). The molecule has 4 heterocycles. The van der Waals surface area contributed by atoms with Crippen molar-refractivity contribution in [2.75, 3.05) is 14.2 Å². The number of amides is 4. The minimum atomic E-state index is -0.881. The van der Waals surface area contributed by atoms with E-state index in [1.54, 1.807) is 0 Å². The molecule has 2 saturated heterocycles. The lowest BCUT2D eigenvalue weighted by Crippen LogP contribution is -2.47. The van der Waals surface area contributed by atoms with E-state index in [1.807, 2.05) is 58.5 Å². The topological polar surface area (TPSA) is 175 Å². The van der Waals surface area contributed by atoms with E-state index in [-0.39, 0.29) is 41.9 Å². The van der Waals surface area contributed by atoms with Gasteiger partial charge in [0.25, 0.3) is 11.8 Å². The maximum atomic E-state index is 14.7. The number of imidazole rings is 2. The van der Waals surface area contributed by atoms with Gasteiger partial charge in [-0.15, -0.1) is 0 Å². The number of piperidine rings is 2. The van der Waals surface area contributed by atoms with E-state index in [2.05, 4.69) is 87.3 Å². The first-order valence-corrected chi connectivity index (χ1v) is 24.8. The first-order valence-electron chi connectivity index (χ1n) is 24.8. The largest absolute Gasteiger partial charge is 0.453 e. The Labute approximate surface area is 405 Å². The van der Waals surface area contributed by atoms with E-state index in [1.165, 1.54) is 45.5 Å². The van der Waals surface area contributed by atoms with E-state index >= 15 is 0 Å². The molecule has 5 fully saturated rings. The number of nitrogens with zero attached hydrogens (tertiary/aromatic N) is 4. The minimum absolute atomic E-state index is 0.0685. The van der Waals surface area contributed by atoms with Crippen LogP contribution in [-0.4, -0.2) is 80.0 Å². The number of ether oxygens (including phenoxy) is 2. The zero-order valence-corrected chi connectivity index (χ0v) is 39.3. The number of methoxy groups -OCH3 is 2. The summed E-state index contributed by atoms with van der Waals surface area (Å²) in [5.41, 5.74) is 8.46. The first-order chi connectivity index (χ1) is 34.2. The van der Waals surface area contributed by atoms with Crippen molar-refractivity contribution in [3.8, 4) is 22.4 Å². The molecule has 2 aromatic heterocycles. The van der Waals surface area contributed by atoms with Gasteiger partial charge in [0.05, 0.1) is 49.2 Å². The normalized spacial score (nSPS) is 23.3. The Hall–Kier alpha value is -7.48. The molecule has 7 aromatic rings. The Balaban J connectivity index is 0.770. The number of nitrogens with one attached hydrogen (secondary N) is 4. The number of H-pyrrole nitrogens is 2. The Kier molecular flexibility index (Phi) is 11.1. The predicted octanol–water partition coefficient (Wildman–Crippen LogP) is 10.3. The van der Waals surface area contributed by atoms with Gasteiger partial charge >= 0.3 is 12.2 Å². The fraction of sp³-hybridized carbons (Fsp3) is 0.357. The van der Waals surface area contributed by atoms with Gasteiger partial charge in [-0.1, -0.05) is 110 Å². The fourth-order valence-electron chi connectivity index (χ4n) is 12.4. The molecule has 0 radical (unpaired) electrons. The number of carbonyl (C=O) groups is 4. The molecule has 14 heteroatoms. The van der Waals surface area contributed by atoms with Crippen LogP contribution in [-0.2, 0) is 19.1 Å². The summed E-state index contributed by atoms with van der Waals surface area (Å²) < 4.78 is 9.92. The van der Waals surface area contributed by atoms with Crippen molar-refractivity contribution in [1.82, 2.24) is 40.4 Å². The summed E-state index contributed by atoms with van der Waals surface area (Å²) in [5.74, 6) is 2.39. The summed E-state index contributed by atoms with van der Waals surface area (Å²) in [7, 11) is 2.62. The molecule has 70 heavy (non-hydrogen) atoms. The van der Waals surface area contributed by atoms with Crippen molar-refractivity contribution in [2.24, 2.45) is 11.8 Å². The highest BCUT2D eigenvalue weighted by Crippen LogP contribution is 2.54. The van der Waals surface area contributed by atoms with Crippen LogP contribution in [0.15, 0.2) is 115 Å². The molecule has 3 aliphatic carbocycles. The van der Waals surface area contributed by atoms with Gasteiger partial charge < -0.3 is 39.9 Å². The molecule has 0 unspecified atom stereocenters. The van der Waals surface area contributed by atoms with Gasteiger partial charge in [0.2, 0.25) is 0 Å². The van der Waals surface area contributed by atoms with Crippen molar-refractivity contribution >= 4 is 45.8 Å². The van der Waals surface area contributed by atoms with Crippen LogP contribution in [0.2, 0.25) is 0 Å². The Morgan fingerprint density at radius 2 is 1.34 bits per heavy atom. The number of aromatic nitrogens is 4. The number of carbonyl (C=O) groups excluding carboxylic acids is 4. The lowest BCUT2D eigenvalue weighted by Gasteiger charge is -2.36. The smallest absolute Gasteiger partial charge is 0.407 e. The molecule has 4 amide bonds. The van der Waals surface area contributed by atoms with Crippen molar-refractivity contribution in [2.45, 2.75) is 100.0 Å². The molecule has 3 saturated carbocycles. The number of aromatic amines is 2. The maximum absolute atomic E-state index is 14.7. The standard InChI is InChI=1S/C56H56N8O6/c1-69-55(67)61-47(35-10-4-3-5-11-35)53(65)63-41-23-20-39(27-41)50(63)52-57-30-44(59-52)34-16-12-33(13-17-34)37-21-24-42-38(26-37)22-25-43-49(42)60-51(58-43)46-29-40-28-45(40)64(46)54(66)48(62-56(68)70-2)36-18-14-32(15-19-36)31-8-6-7-9-31/h3-5,10-19,21-22,24-26,30-31,39-41,45-48,50H,6-9,20,23,27-29H2,1-2H3,(H,57,59)(H,58,60)(H,61,67)(H,62,68)/t39-,40+,41+,45+,46-,47+,48+,50-/m0/s1. The predicted molar refractivity (Wildman–Crippen MR) is 264 cm³/mol. The summed E-state index contributed by atoms with van der Waals surface area (Å²) in [6.07, 6.45) is 9.99. The third-order valence-corrected chi connectivity index (χ3v) is 16.0. The van der Waals surface area contributed by atoms with E-state index < -0.39 is 24.3 Å². The van der Waals surface area contributed by atoms with Gasteiger partial charge in [-0.25, -0.2) is 19.6 Å². The molecule has 0 spiro atoms. The zero-order valence-electron chi connectivity index (χ0n) is 39.3. The number of hydrogen-bond donors (Lipinski definition) is 4. The molecule has 5 aliphatic rings. The monoisotopic (exact) mass is 936 g/mol. The van der Waals surface area contributed by atoms with Crippen LogP contribution < -0.4 is 10.6 Å². The van der Waals surface area contributed by atoms with E-state index in [0.29, 0.717) is 17.4 Å². The summed E-state index contributed by atoms with van der Waals surface area (Å²) in [6, 6.07) is 34.5. The average molecular weight is 937 g/mol. The molecule has 2 bridgehead atoms. The van der Waals surface area contributed by atoms with Crippen LogP contribution >= 0.6 is 0 Å². The van der Waals surface area contributed by atoms with Gasteiger partial charge in [-0.2, -0.15) is 0 Å². The summed E-state index contributed by atoms with van der Waals surface area (Å²) >= 11 is 0. The van der Waals surface area contributed by atoms with Crippen LogP contribution in [0.25, 0.3) is 44.2 Å². The maximum Gasteiger partial charge on any atom is 0.407 e. The third kappa shape index (κ3) is 7.83. The summed E-state index contributed by atoms with van der Waals surface area (Å²) in [4.78, 5) is 75.3. The van der Waals surface area contributed by atoms with Gasteiger partial charge in [0.15, 0.2) is 0 Å². The molecule has 5 aromatic carbocycles. The molecule has 14 nitrogen and oxygen atoms in total. The van der Waals surface area contributed by atoms with Gasteiger partial charge in [-0.3, -0.25) is 9.59 Å². The van der Waals surface area contributed by atoms with E-state index in [9.17, 15) is 19.2 Å². The minimum Gasteiger partial charge on any atom is -0.453 e.